The first-order valence-electron chi connectivity index (χ1n) is 45.3. The molecule has 0 spiro atoms. The second kappa shape index (κ2) is 50.7. The van der Waals surface area contributed by atoms with Crippen LogP contribution in [0.25, 0.3) is 0 Å². The Bertz CT molecular complexity index is 4620. The van der Waals surface area contributed by atoms with Gasteiger partial charge in [0.2, 0.25) is 130 Å². The summed E-state index contributed by atoms with van der Waals surface area (Å²) in [6.45, 7) is 34.3. The first kappa shape index (κ1) is 120. The monoisotopic (exact) mass is 1940 g/mol. The zero-order valence-corrected chi connectivity index (χ0v) is 83.6. The largest absolute Gasteiger partial charge is 0.481 e. The van der Waals surface area contributed by atoms with Gasteiger partial charge in [0.1, 0.15) is 104 Å². The summed E-state index contributed by atoms with van der Waals surface area (Å²) in [7, 11) is 0. The highest BCUT2D eigenvalue weighted by atomic mass is 16.4. The van der Waals surface area contributed by atoms with Crippen LogP contribution in [0.1, 0.15) is 250 Å². The molecule has 47 heteroatoms. The molecule has 11 atom stereocenters. The smallest absolute Gasteiger partial charge is 0.303 e. The molecule has 1 fully saturated rings. The zero-order chi connectivity index (χ0) is 106. The summed E-state index contributed by atoms with van der Waals surface area (Å²) >= 11 is 0. The van der Waals surface area contributed by atoms with Crippen LogP contribution >= 0.6 is 0 Å². The maximum atomic E-state index is 14.5. The van der Waals surface area contributed by atoms with Gasteiger partial charge in [-0.05, 0) is 207 Å². The van der Waals surface area contributed by atoms with Crippen molar-refractivity contribution in [2.75, 3.05) is 19.7 Å². The number of aliphatic hydroxyl groups is 1. The van der Waals surface area contributed by atoms with Crippen molar-refractivity contribution in [3.63, 3.8) is 0 Å². The number of aliphatic hydroxyl groups excluding tert-OH is 1. The van der Waals surface area contributed by atoms with E-state index < -0.39 is 291 Å². The fourth-order valence-electron chi connectivity index (χ4n) is 13.5. The lowest BCUT2D eigenvalue weighted by molar-refractivity contribution is -0.146. The highest BCUT2D eigenvalue weighted by Crippen LogP contribution is 2.25. The summed E-state index contributed by atoms with van der Waals surface area (Å²) in [6, 6.07) is -4.70. The molecule has 0 radical (unpaired) electrons. The minimum atomic E-state index is -1.91. The van der Waals surface area contributed by atoms with Gasteiger partial charge in [-0.25, -0.2) is 0 Å². The van der Waals surface area contributed by atoms with E-state index in [1.165, 1.54) is 157 Å². The van der Waals surface area contributed by atoms with Crippen molar-refractivity contribution in [3.8, 4) is 0 Å². The van der Waals surface area contributed by atoms with E-state index in [2.05, 4.69) is 101 Å². The molecule has 22 amide bonds. The lowest BCUT2D eigenvalue weighted by Gasteiger charge is -2.37. The van der Waals surface area contributed by atoms with E-state index in [0.29, 0.717) is 6.42 Å². The minimum Gasteiger partial charge on any atom is -0.481 e. The molecular weight excluding hydrogens is 1790 g/mol. The lowest BCUT2D eigenvalue weighted by atomic mass is 9.93. The Balaban J connectivity index is 2.16. The Hall–Kier alpha value is -13.0. The molecule has 0 bridgehead atoms. The van der Waals surface area contributed by atoms with Crippen LogP contribution in [-0.4, -0.2) is 281 Å². The molecule has 1 saturated heterocycles. The van der Waals surface area contributed by atoms with Crippen LogP contribution in [0.15, 0.2) is 30.3 Å². The number of nitrogens with two attached hydrogens (primary N) is 2. The summed E-state index contributed by atoms with van der Waals surface area (Å²) in [5.41, 5.74) is -4.37. The number of carboxylic acid groups (broad SMARTS) is 1. The number of carbonyl (C=O) groups is 23. The standard InChI is InChI=1S/C90H148N22O25/c1-27-90(26,80(136)100-55(37-40-62(118)119)68(124)99-54(35-38-59(91)115)67(123)97-53(45-113)43-52-32-29-28-30-33-52)111-79(135)88(22,23)109-72(128)63(47(4)5)102-71(127)58-34-31-41-112(58)81(137)89(24,25)110-78(134)87(20,21)104-61(117)44-93-73(129)82(10,11)108-70(126)57(42-46(2)3)101-77(133)86(18,19)107-69(125)56(36-39-60(92)116)98-64(120)48(6)94-75(131)84(14,15)105-66(122)50(8)96-76(132)85(16,17)106-65(121)49(7)95-74(130)83(12,13)103-51(9)114/h28-30,32-33,46-50,53-58,63,113H,27,31,34-45H2,1-26H3,(H2,91,115)(H2,92,116)(H,93,129)(H,94,131)(H,95,130)(H,96,132)(H,97,123)(H,98,120)(H,99,124)(H,100,136)(H,101,133)(H,102,127)(H,103,114)(H,104,117)(H,105,122)(H,106,121)(H,107,125)(H,108,126)(H,109,128)(H,110,134)(H,111,135)(H,118,119). The topological polar surface area (TPSA) is 717 Å². The lowest BCUT2D eigenvalue weighted by Crippen LogP contribution is -2.67. The number of nitrogens with one attached hydrogen (secondary N) is 19. The third-order valence-corrected chi connectivity index (χ3v) is 22.5. The zero-order valence-electron chi connectivity index (χ0n) is 83.6. The van der Waals surface area contributed by atoms with E-state index in [9.17, 15) is 120 Å². The predicted octanol–water partition coefficient (Wildman–Crippen LogP) is -4.69. The van der Waals surface area contributed by atoms with Crippen molar-refractivity contribution in [3.05, 3.63) is 35.9 Å². The van der Waals surface area contributed by atoms with Crippen LogP contribution in [0.4, 0.5) is 0 Å². The molecule has 768 valence electrons. The number of hydrogen-bond acceptors (Lipinski definition) is 24. The van der Waals surface area contributed by atoms with Gasteiger partial charge in [-0.3, -0.25) is 110 Å². The molecule has 1 aliphatic heterocycles. The Morgan fingerprint density at radius 2 is 0.796 bits per heavy atom. The van der Waals surface area contributed by atoms with Gasteiger partial charge in [0.05, 0.1) is 19.2 Å². The molecule has 0 saturated carbocycles. The number of carbonyl (C=O) groups excluding carboxylic acids is 22. The van der Waals surface area contributed by atoms with Crippen LogP contribution in [0.3, 0.4) is 0 Å². The molecular formula is C90H148N22O25. The normalized spacial score (nSPS) is 15.5. The van der Waals surface area contributed by atoms with Crippen LogP contribution < -0.4 is 112 Å². The number of primary amides is 2. The van der Waals surface area contributed by atoms with Crippen molar-refractivity contribution in [2.45, 2.75) is 361 Å². The number of rotatable bonds is 54. The first-order valence-corrected chi connectivity index (χ1v) is 45.3. The fraction of sp³-hybridized carbons (Fsp3) is 0.678. The highest BCUT2D eigenvalue weighted by Gasteiger charge is 2.48. The van der Waals surface area contributed by atoms with Crippen molar-refractivity contribution in [2.24, 2.45) is 23.3 Å². The third kappa shape index (κ3) is 38.2. The number of hydrogen-bond donors (Lipinski definition) is 23. The molecule has 137 heavy (non-hydrogen) atoms. The molecule has 1 aromatic rings. The van der Waals surface area contributed by atoms with Crippen molar-refractivity contribution in [1.82, 2.24) is 106 Å². The summed E-state index contributed by atoms with van der Waals surface area (Å²) in [5.74, 6) is -21.5. The van der Waals surface area contributed by atoms with Gasteiger partial charge in [-0.2, -0.15) is 0 Å². The van der Waals surface area contributed by atoms with Gasteiger partial charge in [0.25, 0.3) is 0 Å². The summed E-state index contributed by atoms with van der Waals surface area (Å²) < 4.78 is 0. The molecule has 47 nitrogen and oxygen atoms in total. The average molecular weight is 1940 g/mol. The van der Waals surface area contributed by atoms with E-state index in [4.69, 9.17) is 11.5 Å². The highest BCUT2D eigenvalue weighted by molar-refractivity contribution is 6.05. The maximum absolute atomic E-state index is 14.5. The van der Waals surface area contributed by atoms with Crippen molar-refractivity contribution < 1.29 is 120 Å². The third-order valence-electron chi connectivity index (χ3n) is 22.5. The predicted molar refractivity (Wildman–Crippen MR) is 498 cm³/mol. The molecule has 0 aromatic heterocycles. The van der Waals surface area contributed by atoms with E-state index in [0.717, 1.165) is 5.56 Å². The molecule has 1 heterocycles. The number of nitrogens with zero attached hydrogens (tertiary/aromatic N) is 1. The second-order valence-corrected chi connectivity index (χ2v) is 39.7. The van der Waals surface area contributed by atoms with Gasteiger partial charge in [0, 0.05) is 32.7 Å². The van der Waals surface area contributed by atoms with Crippen molar-refractivity contribution >= 4 is 136 Å². The van der Waals surface area contributed by atoms with E-state index in [1.807, 2.05) is 0 Å². The van der Waals surface area contributed by atoms with Crippen LogP contribution in [0, 0.1) is 11.8 Å². The van der Waals surface area contributed by atoms with Crippen LogP contribution in [0.5, 0.6) is 0 Å². The Morgan fingerprint density at radius 1 is 0.409 bits per heavy atom. The molecule has 1 aromatic carbocycles. The number of aliphatic carboxylic acids is 1. The summed E-state index contributed by atoms with van der Waals surface area (Å²) in [6.07, 6.45) is -2.41. The van der Waals surface area contributed by atoms with E-state index in [-0.39, 0.29) is 51.0 Å². The SMILES string of the molecule is CCC(C)(NC(=O)C(C)(C)NC(=O)C(NC(=O)C1CCCN1C(=O)C(C)(C)NC(=O)C(C)(C)NC(=O)CNC(=O)C(C)(C)NC(=O)C(CC(C)C)NC(=O)C(C)(C)NC(=O)C(CCC(N)=O)NC(=O)C(C)NC(=O)C(C)(C)NC(=O)C(C)NC(=O)C(C)(C)NC(=O)C(C)NC(=O)C(C)(C)NC(C)=O)C(C)C)C(=O)NC(CCC(=O)O)C(=O)NC(CCC(N)=O)C(=O)NC(CO)Cc1ccccc1. The van der Waals surface area contributed by atoms with Crippen molar-refractivity contribution in [1.29, 1.82) is 0 Å². The molecule has 0 aliphatic carbocycles. The number of amides is 22. The average Bonchev–Trinajstić information content (AvgIpc) is 1.26. The molecule has 2 rings (SSSR count). The fourth-order valence-corrected chi connectivity index (χ4v) is 13.5. The second-order valence-electron chi connectivity index (χ2n) is 39.7. The van der Waals surface area contributed by atoms with Crippen LogP contribution in [0.2, 0.25) is 0 Å². The first-order chi connectivity index (χ1) is 62.6. The van der Waals surface area contributed by atoms with Gasteiger partial charge in [-0.15, -0.1) is 0 Å². The molecule has 1 aliphatic rings. The number of likely N-dealkylation sites (tertiary alicyclic amines) is 1. The Labute approximate surface area is 798 Å². The maximum Gasteiger partial charge on any atom is 0.303 e. The molecule has 25 N–H and O–H groups in total. The van der Waals surface area contributed by atoms with E-state index >= 15 is 0 Å². The Morgan fingerprint density at radius 3 is 1.25 bits per heavy atom. The van der Waals surface area contributed by atoms with Gasteiger partial charge in [0.15, 0.2) is 0 Å². The van der Waals surface area contributed by atoms with Gasteiger partial charge < -0.3 is 128 Å². The summed E-state index contributed by atoms with van der Waals surface area (Å²) in [5, 5.41) is 67.6. The van der Waals surface area contributed by atoms with Gasteiger partial charge >= 0.3 is 5.97 Å². The summed E-state index contributed by atoms with van der Waals surface area (Å²) in [4.78, 5) is 312. The van der Waals surface area contributed by atoms with E-state index in [1.54, 1.807) is 58.0 Å². The molecule has 11 unspecified atom stereocenters. The van der Waals surface area contributed by atoms with Gasteiger partial charge in [-0.1, -0.05) is 65.0 Å². The number of carboxylic acids is 1. The van der Waals surface area contributed by atoms with Crippen LogP contribution in [-0.2, 0) is 117 Å². The number of benzene rings is 1. The minimum absolute atomic E-state index is 0.0171. The quantitative estimate of drug-likeness (QED) is 0.0291. The Kier molecular flexibility index (Phi) is 44.4.